The first-order valence-corrected chi connectivity index (χ1v) is 8.51. The van der Waals surface area contributed by atoms with E-state index >= 15 is 0 Å². The van der Waals surface area contributed by atoms with Crippen LogP contribution in [0.15, 0.2) is 0 Å². The second-order valence-electron chi connectivity index (χ2n) is 5.84. The molecule has 8 heteroatoms. The summed E-state index contributed by atoms with van der Waals surface area (Å²) in [6.45, 7) is 2.01. The predicted octanol–water partition coefficient (Wildman–Crippen LogP) is 1.56. The number of halogens is 3. The van der Waals surface area contributed by atoms with Gasteiger partial charge in [-0.05, 0) is 33.2 Å². The molecule has 0 saturated carbocycles. The summed E-state index contributed by atoms with van der Waals surface area (Å²) >= 11 is 0. The molecular weight excluding hydrogens is 293 g/mol. The van der Waals surface area contributed by atoms with Gasteiger partial charge in [0.25, 0.3) is 0 Å². The lowest BCUT2D eigenvalue weighted by molar-refractivity contribution is -0.136. The SMILES string of the molecule is CN(C1CCS(=O)(=O)C1)C(C)(CN)CCCC(F)(F)F. The van der Waals surface area contributed by atoms with E-state index in [1.165, 1.54) is 0 Å². The highest BCUT2D eigenvalue weighted by Crippen LogP contribution is 2.30. The highest BCUT2D eigenvalue weighted by Gasteiger charge is 2.39. The number of nitrogens with zero attached hydrogens (tertiary/aromatic N) is 1. The molecule has 0 aromatic carbocycles. The zero-order chi connectivity index (χ0) is 15.6. The minimum Gasteiger partial charge on any atom is -0.329 e. The van der Waals surface area contributed by atoms with Gasteiger partial charge in [-0.25, -0.2) is 8.42 Å². The average molecular weight is 316 g/mol. The standard InChI is InChI=1S/C12H23F3N2O2S/c1-11(9-16,5-3-6-12(13,14)15)17(2)10-4-7-20(18,19)8-10/h10H,3-9,16H2,1-2H3. The number of likely N-dealkylation sites (N-methyl/N-ethyl adjacent to an activating group) is 1. The van der Waals surface area contributed by atoms with Gasteiger partial charge in [-0.15, -0.1) is 0 Å². The van der Waals surface area contributed by atoms with E-state index in [0.717, 1.165) is 0 Å². The fraction of sp³-hybridized carbons (Fsp3) is 1.00. The summed E-state index contributed by atoms with van der Waals surface area (Å²) in [6, 6.07) is -0.153. The number of nitrogens with two attached hydrogens (primary N) is 1. The maximum Gasteiger partial charge on any atom is 0.389 e. The van der Waals surface area contributed by atoms with Crippen molar-refractivity contribution < 1.29 is 21.6 Å². The Labute approximate surface area is 118 Å². The van der Waals surface area contributed by atoms with Crippen molar-refractivity contribution in [2.75, 3.05) is 25.1 Å². The van der Waals surface area contributed by atoms with Crippen LogP contribution in [0.25, 0.3) is 0 Å². The smallest absolute Gasteiger partial charge is 0.329 e. The van der Waals surface area contributed by atoms with Gasteiger partial charge in [0.1, 0.15) is 0 Å². The quantitative estimate of drug-likeness (QED) is 0.808. The second-order valence-corrected chi connectivity index (χ2v) is 8.07. The zero-order valence-corrected chi connectivity index (χ0v) is 12.7. The Morgan fingerprint density at radius 1 is 1.30 bits per heavy atom. The number of alkyl halides is 3. The molecule has 0 radical (unpaired) electrons. The van der Waals surface area contributed by atoms with E-state index in [1.54, 1.807) is 14.0 Å². The van der Waals surface area contributed by atoms with Crippen LogP contribution in [0.3, 0.4) is 0 Å². The Kier molecular flexibility index (Phi) is 5.48. The monoisotopic (exact) mass is 316 g/mol. The second kappa shape index (κ2) is 6.19. The molecule has 1 rings (SSSR count). The van der Waals surface area contributed by atoms with Crippen molar-refractivity contribution in [3.05, 3.63) is 0 Å². The lowest BCUT2D eigenvalue weighted by Crippen LogP contribution is -2.54. The van der Waals surface area contributed by atoms with Crippen molar-refractivity contribution in [2.45, 2.75) is 50.4 Å². The Hall–Kier alpha value is -0.340. The fourth-order valence-electron chi connectivity index (χ4n) is 2.61. The Balaban J connectivity index is 2.63. The molecule has 1 aliphatic rings. The Morgan fingerprint density at radius 2 is 1.90 bits per heavy atom. The van der Waals surface area contributed by atoms with Crippen molar-refractivity contribution in [2.24, 2.45) is 5.73 Å². The molecule has 1 aliphatic heterocycles. The number of rotatable bonds is 6. The summed E-state index contributed by atoms with van der Waals surface area (Å²) in [4.78, 5) is 1.86. The van der Waals surface area contributed by atoms with Crippen LogP contribution in [0.5, 0.6) is 0 Å². The van der Waals surface area contributed by atoms with Crippen molar-refractivity contribution >= 4 is 9.84 Å². The molecule has 1 heterocycles. The molecule has 0 aromatic rings. The first-order chi connectivity index (χ1) is 8.99. The molecule has 0 spiro atoms. The lowest BCUT2D eigenvalue weighted by atomic mass is 9.91. The molecule has 0 bridgehead atoms. The van der Waals surface area contributed by atoms with E-state index < -0.39 is 28.0 Å². The van der Waals surface area contributed by atoms with Crippen LogP contribution >= 0.6 is 0 Å². The molecule has 20 heavy (non-hydrogen) atoms. The Bertz CT molecular complexity index is 425. The predicted molar refractivity (Wildman–Crippen MR) is 72.2 cm³/mol. The van der Waals surface area contributed by atoms with Crippen LogP contribution in [-0.4, -0.2) is 56.2 Å². The molecule has 0 amide bonds. The third kappa shape index (κ3) is 4.89. The molecule has 1 saturated heterocycles. The van der Waals surface area contributed by atoms with E-state index in [4.69, 9.17) is 5.73 Å². The van der Waals surface area contributed by atoms with Gasteiger partial charge in [0, 0.05) is 24.5 Å². The first-order valence-electron chi connectivity index (χ1n) is 6.69. The molecule has 4 nitrogen and oxygen atoms in total. The molecular formula is C12H23F3N2O2S. The summed E-state index contributed by atoms with van der Waals surface area (Å²) < 4.78 is 59.6. The van der Waals surface area contributed by atoms with Gasteiger partial charge in [0.15, 0.2) is 9.84 Å². The van der Waals surface area contributed by atoms with Gasteiger partial charge in [0.2, 0.25) is 0 Å². The molecule has 0 aliphatic carbocycles. The van der Waals surface area contributed by atoms with Crippen LogP contribution in [0.1, 0.15) is 32.6 Å². The minimum atomic E-state index is -4.16. The number of hydrogen-bond acceptors (Lipinski definition) is 4. The van der Waals surface area contributed by atoms with Gasteiger partial charge in [-0.2, -0.15) is 13.2 Å². The van der Waals surface area contributed by atoms with Crippen molar-refractivity contribution in [1.82, 2.24) is 4.90 Å². The molecule has 1 fully saturated rings. The summed E-state index contributed by atoms with van der Waals surface area (Å²) in [6.07, 6.45) is -4.17. The topological polar surface area (TPSA) is 63.4 Å². The fourth-order valence-corrected chi connectivity index (χ4v) is 4.39. The third-order valence-electron chi connectivity index (χ3n) is 4.22. The van der Waals surface area contributed by atoms with E-state index in [-0.39, 0.29) is 30.5 Å². The highest BCUT2D eigenvalue weighted by atomic mass is 32.2. The van der Waals surface area contributed by atoms with E-state index in [2.05, 4.69) is 0 Å². The van der Waals surface area contributed by atoms with E-state index in [1.807, 2.05) is 4.90 Å². The minimum absolute atomic E-state index is 0.00100. The van der Waals surface area contributed by atoms with Crippen molar-refractivity contribution in [1.29, 1.82) is 0 Å². The van der Waals surface area contributed by atoms with E-state index in [0.29, 0.717) is 12.8 Å². The van der Waals surface area contributed by atoms with Gasteiger partial charge in [-0.1, -0.05) is 0 Å². The lowest BCUT2D eigenvalue weighted by Gasteiger charge is -2.41. The normalized spacial score (nSPS) is 25.9. The van der Waals surface area contributed by atoms with E-state index in [9.17, 15) is 21.6 Å². The Morgan fingerprint density at radius 3 is 2.30 bits per heavy atom. The number of sulfone groups is 1. The summed E-state index contributed by atoms with van der Waals surface area (Å²) in [5, 5.41) is 0. The van der Waals surface area contributed by atoms with Crippen LogP contribution in [-0.2, 0) is 9.84 Å². The van der Waals surface area contributed by atoms with Crippen LogP contribution in [0, 0.1) is 0 Å². The average Bonchev–Trinajstić information content (AvgIpc) is 2.66. The van der Waals surface area contributed by atoms with Gasteiger partial charge in [-0.3, -0.25) is 4.90 Å². The molecule has 2 unspecified atom stereocenters. The zero-order valence-electron chi connectivity index (χ0n) is 11.9. The molecule has 2 N–H and O–H groups in total. The maximum atomic E-state index is 12.2. The first kappa shape index (κ1) is 17.7. The molecule has 120 valence electrons. The van der Waals surface area contributed by atoms with Crippen LogP contribution < -0.4 is 5.73 Å². The van der Waals surface area contributed by atoms with Gasteiger partial charge < -0.3 is 5.73 Å². The van der Waals surface area contributed by atoms with Gasteiger partial charge >= 0.3 is 6.18 Å². The largest absolute Gasteiger partial charge is 0.389 e. The summed E-state index contributed by atoms with van der Waals surface area (Å²) in [5.74, 6) is 0.212. The molecule has 0 aromatic heterocycles. The van der Waals surface area contributed by atoms with Crippen LogP contribution in [0.4, 0.5) is 13.2 Å². The summed E-state index contributed by atoms with van der Waals surface area (Å²) in [7, 11) is -1.26. The maximum absolute atomic E-state index is 12.2. The molecule has 2 atom stereocenters. The van der Waals surface area contributed by atoms with Gasteiger partial charge in [0.05, 0.1) is 11.5 Å². The van der Waals surface area contributed by atoms with Crippen molar-refractivity contribution in [3.8, 4) is 0 Å². The number of hydrogen-bond donors (Lipinski definition) is 1. The summed E-state index contributed by atoms with van der Waals surface area (Å²) in [5.41, 5.74) is 5.12. The third-order valence-corrected chi connectivity index (χ3v) is 5.97. The van der Waals surface area contributed by atoms with Crippen molar-refractivity contribution in [3.63, 3.8) is 0 Å². The highest BCUT2D eigenvalue weighted by molar-refractivity contribution is 7.91. The van der Waals surface area contributed by atoms with Crippen LogP contribution in [0.2, 0.25) is 0 Å².